The normalized spacial score (nSPS) is 15.2. The predicted octanol–water partition coefficient (Wildman–Crippen LogP) is 2.84. The van der Waals surface area contributed by atoms with Crippen LogP contribution in [0.15, 0.2) is 73.1 Å². The quantitative estimate of drug-likeness (QED) is 0.645. The van der Waals surface area contributed by atoms with Crippen LogP contribution in [0, 0.1) is 0 Å². The van der Waals surface area contributed by atoms with E-state index in [1.54, 1.807) is 12.4 Å². The second kappa shape index (κ2) is 9.27. The summed E-state index contributed by atoms with van der Waals surface area (Å²) in [6.07, 6.45) is 3.15. The van der Waals surface area contributed by atoms with Crippen LogP contribution in [0.25, 0.3) is 0 Å². The number of amides is 1. The van der Waals surface area contributed by atoms with Crippen LogP contribution in [0.3, 0.4) is 0 Å². The summed E-state index contributed by atoms with van der Waals surface area (Å²) in [5.74, 6) is 0.756. The van der Waals surface area contributed by atoms with Gasteiger partial charge in [0.15, 0.2) is 5.75 Å². The van der Waals surface area contributed by atoms with Crippen molar-refractivity contribution in [2.75, 3.05) is 24.9 Å². The molecule has 1 aliphatic heterocycles. The van der Waals surface area contributed by atoms with Gasteiger partial charge in [0.2, 0.25) is 11.9 Å². The number of carbonyl (C=O) groups is 1. The summed E-state index contributed by atoms with van der Waals surface area (Å²) < 4.78 is 11.4. The molecule has 0 bridgehead atoms. The molecule has 0 aliphatic carbocycles. The number of rotatable bonds is 6. The van der Waals surface area contributed by atoms with Gasteiger partial charge in [-0.05, 0) is 11.1 Å². The summed E-state index contributed by atoms with van der Waals surface area (Å²) in [6.45, 7) is 1.81. The van der Waals surface area contributed by atoms with Crippen LogP contribution in [0.4, 0.5) is 5.95 Å². The fourth-order valence-electron chi connectivity index (χ4n) is 3.03. The Morgan fingerprint density at radius 3 is 2.24 bits per heavy atom. The smallest absolute Gasteiger partial charge is 0.245 e. The zero-order valence-corrected chi connectivity index (χ0v) is 16.0. The highest BCUT2D eigenvalue weighted by Gasteiger charge is 2.25. The summed E-state index contributed by atoms with van der Waals surface area (Å²) in [6, 6.07) is 19.9. The van der Waals surface area contributed by atoms with Gasteiger partial charge in [-0.1, -0.05) is 60.7 Å². The molecule has 148 valence electrons. The maximum atomic E-state index is 12.7. The Bertz CT molecular complexity index is 920. The van der Waals surface area contributed by atoms with Gasteiger partial charge in [-0.25, -0.2) is 9.97 Å². The lowest BCUT2D eigenvalue weighted by molar-refractivity contribution is -0.119. The van der Waals surface area contributed by atoms with E-state index in [2.05, 4.69) is 9.97 Å². The molecule has 0 atom stereocenters. The van der Waals surface area contributed by atoms with Crippen molar-refractivity contribution in [3.8, 4) is 5.75 Å². The first kappa shape index (κ1) is 19.0. The zero-order valence-electron chi connectivity index (χ0n) is 16.0. The van der Waals surface area contributed by atoms with Crippen molar-refractivity contribution < 1.29 is 14.3 Å². The Labute approximate surface area is 169 Å². The fraction of sp³-hybridized carbons (Fsp3) is 0.227. The molecule has 0 N–H and O–H groups in total. The van der Waals surface area contributed by atoms with Gasteiger partial charge in [-0.15, -0.1) is 0 Å². The first-order valence-corrected chi connectivity index (χ1v) is 9.41. The lowest BCUT2D eigenvalue weighted by Crippen LogP contribution is -2.37. The molecule has 0 spiro atoms. The Hall–Kier alpha value is -3.29. The van der Waals surface area contributed by atoms with Gasteiger partial charge in [0, 0.05) is 6.54 Å². The highest BCUT2D eigenvalue weighted by atomic mass is 16.5. The number of anilines is 1. The number of aromatic nitrogens is 2. The van der Waals surface area contributed by atoms with Crippen molar-refractivity contribution in [1.29, 1.82) is 0 Å². The minimum absolute atomic E-state index is 0.101. The molecule has 0 saturated carbocycles. The van der Waals surface area contributed by atoms with E-state index in [4.69, 9.17) is 9.47 Å². The number of benzene rings is 2. The monoisotopic (exact) mass is 390 g/mol. The highest BCUT2D eigenvalue weighted by Crippen LogP contribution is 2.16. The van der Waals surface area contributed by atoms with Crippen LogP contribution in [0.2, 0.25) is 0 Å². The number of hydrogen-bond acceptors (Lipinski definition) is 6. The van der Waals surface area contributed by atoms with E-state index in [0.29, 0.717) is 31.6 Å². The second-order valence-electron chi connectivity index (χ2n) is 6.75. The van der Waals surface area contributed by atoms with Gasteiger partial charge in [0.1, 0.15) is 20.1 Å². The van der Waals surface area contributed by atoms with E-state index in [-0.39, 0.29) is 19.2 Å². The van der Waals surface area contributed by atoms with Gasteiger partial charge in [-0.2, -0.15) is 0 Å². The van der Waals surface area contributed by atoms with Crippen LogP contribution < -0.4 is 9.64 Å². The van der Waals surface area contributed by atoms with Gasteiger partial charge >= 0.3 is 0 Å². The van der Waals surface area contributed by atoms with E-state index in [1.165, 1.54) is 4.90 Å². The molecule has 1 fully saturated rings. The largest absolute Gasteiger partial charge is 0.486 e. The maximum absolute atomic E-state index is 12.7. The van der Waals surface area contributed by atoms with E-state index in [0.717, 1.165) is 11.1 Å². The molecule has 3 aromatic rings. The number of nitrogens with zero attached hydrogens (tertiary/aromatic N) is 4. The number of carbonyl (C=O) groups excluding carboxylic acids is 1. The van der Waals surface area contributed by atoms with Gasteiger partial charge in [0.25, 0.3) is 0 Å². The van der Waals surface area contributed by atoms with Crippen molar-refractivity contribution in [3.63, 3.8) is 0 Å². The van der Waals surface area contributed by atoms with E-state index in [1.807, 2.05) is 65.6 Å². The maximum Gasteiger partial charge on any atom is 0.245 e. The molecule has 1 aliphatic rings. The molecule has 1 amide bonds. The van der Waals surface area contributed by atoms with Crippen molar-refractivity contribution >= 4 is 11.9 Å². The van der Waals surface area contributed by atoms with Crippen LogP contribution in [-0.4, -0.2) is 40.8 Å². The molecule has 7 heteroatoms. The van der Waals surface area contributed by atoms with E-state index in [9.17, 15) is 4.79 Å². The van der Waals surface area contributed by atoms with E-state index >= 15 is 0 Å². The van der Waals surface area contributed by atoms with Gasteiger partial charge in [-0.3, -0.25) is 14.6 Å². The number of ether oxygens (including phenoxy) is 2. The zero-order chi connectivity index (χ0) is 19.9. The van der Waals surface area contributed by atoms with Gasteiger partial charge < -0.3 is 9.47 Å². The molecule has 7 nitrogen and oxygen atoms in total. The van der Waals surface area contributed by atoms with Crippen LogP contribution in [0.5, 0.6) is 5.75 Å². The molecule has 0 radical (unpaired) electrons. The lowest BCUT2D eigenvalue weighted by Gasteiger charge is -2.19. The summed E-state index contributed by atoms with van der Waals surface area (Å²) in [7, 11) is 0. The summed E-state index contributed by atoms with van der Waals surface area (Å²) in [5, 5.41) is 0. The molecular weight excluding hydrogens is 368 g/mol. The Morgan fingerprint density at radius 1 is 0.897 bits per heavy atom. The fourth-order valence-corrected chi connectivity index (χ4v) is 3.03. The average molecular weight is 390 g/mol. The minimum atomic E-state index is -0.101. The Balaban J connectivity index is 1.36. The molecule has 29 heavy (non-hydrogen) atoms. The molecule has 2 aromatic carbocycles. The first-order chi connectivity index (χ1) is 14.3. The Morgan fingerprint density at radius 2 is 1.55 bits per heavy atom. The van der Waals surface area contributed by atoms with Crippen molar-refractivity contribution in [2.45, 2.75) is 13.2 Å². The van der Waals surface area contributed by atoms with Crippen molar-refractivity contribution in [1.82, 2.24) is 14.9 Å². The molecule has 2 heterocycles. The lowest BCUT2D eigenvalue weighted by atomic mass is 10.2. The number of hydrogen-bond donors (Lipinski definition) is 0. The third kappa shape index (κ3) is 5.16. The highest BCUT2D eigenvalue weighted by molar-refractivity contribution is 5.93. The molecule has 1 saturated heterocycles. The first-order valence-electron chi connectivity index (χ1n) is 9.41. The standard InChI is InChI=1S/C22H22N4O3/c27-21-14-25(13-18-7-3-1-4-8-18)16-28-17-26(21)22-23-11-20(12-24-22)29-15-19-9-5-2-6-10-19/h1-12H,13-17H2. The topological polar surface area (TPSA) is 67.8 Å². The van der Waals surface area contributed by atoms with Crippen LogP contribution in [-0.2, 0) is 22.7 Å². The van der Waals surface area contributed by atoms with E-state index < -0.39 is 0 Å². The van der Waals surface area contributed by atoms with Crippen molar-refractivity contribution in [3.05, 3.63) is 84.2 Å². The SMILES string of the molecule is O=C1CN(Cc2ccccc2)COCN1c1ncc(OCc2ccccc2)cn1. The minimum Gasteiger partial charge on any atom is -0.486 e. The van der Waals surface area contributed by atoms with Gasteiger partial charge in [0.05, 0.1) is 18.9 Å². The average Bonchev–Trinajstić information content (AvgIpc) is 2.95. The summed E-state index contributed by atoms with van der Waals surface area (Å²) in [4.78, 5) is 24.7. The third-order valence-corrected chi connectivity index (χ3v) is 4.51. The summed E-state index contributed by atoms with van der Waals surface area (Å²) in [5.41, 5.74) is 2.19. The van der Waals surface area contributed by atoms with Crippen molar-refractivity contribution in [2.24, 2.45) is 0 Å². The predicted molar refractivity (Wildman–Crippen MR) is 108 cm³/mol. The molecule has 0 unspecified atom stereocenters. The molecular formula is C22H22N4O3. The second-order valence-corrected chi connectivity index (χ2v) is 6.75. The van der Waals surface area contributed by atoms with Crippen LogP contribution in [0.1, 0.15) is 11.1 Å². The molecule has 1 aromatic heterocycles. The summed E-state index contributed by atoms with van der Waals surface area (Å²) >= 11 is 0. The Kier molecular flexibility index (Phi) is 6.09. The molecule has 4 rings (SSSR count). The van der Waals surface area contributed by atoms with Crippen LogP contribution >= 0.6 is 0 Å². The third-order valence-electron chi connectivity index (χ3n) is 4.51.